The SMILES string of the molecule is CCOC(=O)c1c[nH]c(-c2cccc(OC(F)(F)F)c2)c1. The Labute approximate surface area is 118 Å². The number of ether oxygens (including phenoxy) is 2. The van der Waals surface area contributed by atoms with Crippen molar-refractivity contribution < 1.29 is 27.4 Å². The average Bonchev–Trinajstić information content (AvgIpc) is 2.87. The third kappa shape index (κ3) is 4.01. The fourth-order valence-corrected chi connectivity index (χ4v) is 1.75. The summed E-state index contributed by atoms with van der Waals surface area (Å²) in [5, 5.41) is 0. The zero-order valence-electron chi connectivity index (χ0n) is 11.0. The second-order valence-corrected chi connectivity index (χ2v) is 4.10. The van der Waals surface area contributed by atoms with Crippen LogP contribution in [0.3, 0.4) is 0 Å². The molecular formula is C14H12F3NO3. The van der Waals surface area contributed by atoms with E-state index in [0.29, 0.717) is 16.8 Å². The number of hydrogen-bond donors (Lipinski definition) is 1. The summed E-state index contributed by atoms with van der Waals surface area (Å²) in [5.41, 5.74) is 1.26. The molecular weight excluding hydrogens is 287 g/mol. The molecule has 0 aliphatic rings. The molecule has 2 rings (SSSR count). The highest BCUT2D eigenvalue weighted by Gasteiger charge is 2.31. The Bertz CT molecular complexity index is 634. The van der Waals surface area contributed by atoms with Gasteiger partial charge in [-0.05, 0) is 25.1 Å². The third-order valence-electron chi connectivity index (χ3n) is 2.57. The van der Waals surface area contributed by atoms with Gasteiger partial charge in [0.2, 0.25) is 0 Å². The van der Waals surface area contributed by atoms with E-state index in [1.54, 1.807) is 13.0 Å². The molecule has 1 N–H and O–H groups in total. The second kappa shape index (κ2) is 5.90. The lowest BCUT2D eigenvalue weighted by Gasteiger charge is -2.09. The van der Waals surface area contributed by atoms with Crippen molar-refractivity contribution in [1.29, 1.82) is 0 Å². The van der Waals surface area contributed by atoms with Crippen LogP contribution in [-0.2, 0) is 4.74 Å². The van der Waals surface area contributed by atoms with E-state index in [4.69, 9.17) is 4.74 Å². The molecule has 0 saturated heterocycles. The molecule has 7 heteroatoms. The van der Waals surface area contributed by atoms with Crippen molar-refractivity contribution in [3.8, 4) is 17.0 Å². The molecule has 0 fully saturated rings. The van der Waals surface area contributed by atoms with E-state index in [9.17, 15) is 18.0 Å². The quantitative estimate of drug-likeness (QED) is 0.875. The molecule has 4 nitrogen and oxygen atoms in total. The van der Waals surface area contributed by atoms with E-state index < -0.39 is 12.3 Å². The lowest BCUT2D eigenvalue weighted by Crippen LogP contribution is -2.17. The highest BCUT2D eigenvalue weighted by Crippen LogP contribution is 2.27. The number of aromatic nitrogens is 1. The summed E-state index contributed by atoms with van der Waals surface area (Å²) in [6.45, 7) is 1.93. The van der Waals surface area contributed by atoms with Crippen LogP contribution >= 0.6 is 0 Å². The molecule has 2 aromatic rings. The maximum atomic E-state index is 12.2. The predicted octanol–water partition coefficient (Wildman–Crippen LogP) is 3.76. The number of halogens is 3. The molecule has 0 saturated carbocycles. The van der Waals surface area contributed by atoms with Gasteiger partial charge in [0.15, 0.2) is 0 Å². The summed E-state index contributed by atoms with van der Waals surface area (Å²) in [4.78, 5) is 14.3. The van der Waals surface area contributed by atoms with E-state index in [0.717, 1.165) is 0 Å². The predicted molar refractivity (Wildman–Crippen MR) is 68.9 cm³/mol. The first kappa shape index (κ1) is 15.0. The largest absolute Gasteiger partial charge is 0.573 e. The van der Waals surface area contributed by atoms with Crippen molar-refractivity contribution in [1.82, 2.24) is 4.98 Å². The molecule has 0 aliphatic heterocycles. The van der Waals surface area contributed by atoms with Crippen LogP contribution in [0.15, 0.2) is 36.5 Å². The fraction of sp³-hybridized carbons (Fsp3) is 0.214. The van der Waals surface area contributed by atoms with Gasteiger partial charge in [0.1, 0.15) is 5.75 Å². The van der Waals surface area contributed by atoms with Gasteiger partial charge in [-0.2, -0.15) is 0 Å². The van der Waals surface area contributed by atoms with Crippen molar-refractivity contribution in [2.24, 2.45) is 0 Å². The van der Waals surface area contributed by atoms with Crippen LogP contribution in [-0.4, -0.2) is 23.9 Å². The first-order chi connectivity index (χ1) is 9.89. The minimum Gasteiger partial charge on any atom is -0.462 e. The number of benzene rings is 1. The second-order valence-electron chi connectivity index (χ2n) is 4.10. The number of esters is 1. The van der Waals surface area contributed by atoms with Crippen molar-refractivity contribution >= 4 is 5.97 Å². The zero-order chi connectivity index (χ0) is 15.5. The summed E-state index contributed by atoms with van der Waals surface area (Å²) >= 11 is 0. The van der Waals surface area contributed by atoms with Crippen LogP contribution in [0.2, 0.25) is 0 Å². The van der Waals surface area contributed by atoms with Gasteiger partial charge < -0.3 is 14.5 Å². The van der Waals surface area contributed by atoms with Crippen molar-refractivity contribution in [2.45, 2.75) is 13.3 Å². The summed E-state index contributed by atoms with van der Waals surface area (Å²) in [6.07, 6.45) is -3.31. The molecule has 0 bridgehead atoms. The topological polar surface area (TPSA) is 51.3 Å². The Morgan fingerprint density at radius 2 is 2.05 bits per heavy atom. The van der Waals surface area contributed by atoms with Crippen LogP contribution < -0.4 is 4.74 Å². The number of aromatic amines is 1. The van der Waals surface area contributed by atoms with Gasteiger partial charge in [-0.15, -0.1) is 13.2 Å². The first-order valence-corrected chi connectivity index (χ1v) is 6.11. The van der Waals surface area contributed by atoms with Gasteiger partial charge in [0.25, 0.3) is 0 Å². The number of hydrogen-bond acceptors (Lipinski definition) is 3. The molecule has 0 amide bonds. The van der Waals surface area contributed by atoms with Crippen LogP contribution in [0.1, 0.15) is 17.3 Å². The Balaban J connectivity index is 2.22. The van der Waals surface area contributed by atoms with Gasteiger partial charge in [-0.1, -0.05) is 12.1 Å². The van der Waals surface area contributed by atoms with Crippen LogP contribution in [0.25, 0.3) is 11.3 Å². The first-order valence-electron chi connectivity index (χ1n) is 6.11. The van der Waals surface area contributed by atoms with Crippen molar-refractivity contribution in [2.75, 3.05) is 6.61 Å². The minimum absolute atomic E-state index is 0.244. The van der Waals surface area contributed by atoms with Crippen molar-refractivity contribution in [3.63, 3.8) is 0 Å². The molecule has 1 aromatic heterocycles. The summed E-state index contributed by atoms with van der Waals surface area (Å²) < 4.78 is 45.2. The number of H-pyrrole nitrogens is 1. The third-order valence-corrected chi connectivity index (χ3v) is 2.57. The smallest absolute Gasteiger partial charge is 0.462 e. The lowest BCUT2D eigenvalue weighted by molar-refractivity contribution is -0.274. The highest BCUT2D eigenvalue weighted by molar-refractivity contribution is 5.90. The van der Waals surface area contributed by atoms with E-state index in [-0.39, 0.29) is 12.4 Å². The van der Waals surface area contributed by atoms with Crippen LogP contribution in [0, 0.1) is 0 Å². The average molecular weight is 299 g/mol. The Hall–Kier alpha value is -2.44. The Morgan fingerprint density at radius 1 is 1.29 bits per heavy atom. The molecule has 0 aliphatic carbocycles. The number of nitrogens with one attached hydrogen (secondary N) is 1. The van der Waals surface area contributed by atoms with Gasteiger partial charge in [0.05, 0.1) is 12.2 Å². The van der Waals surface area contributed by atoms with Gasteiger partial charge in [-0.25, -0.2) is 4.79 Å². The maximum Gasteiger partial charge on any atom is 0.573 e. The normalized spacial score (nSPS) is 11.2. The van der Waals surface area contributed by atoms with Gasteiger partial charge in [-0.3, -0.25) is 0 Å². The molecule has 0 atom stereocenters. The summed E-state index contributed by atoms with van der Waals surface area (Å²) in [6, 6.07) is 6.97. The molecule has 1 heterocycles. The van der Waals surface area contributed by atoms with E-state index in [1.807, 2.05) is 0 Å². The van der Waals surface area contributed by atoms with Crippen LogP contribution in [0.4, 0.5) is 13.2 Å². The number of rotatable bonds is 4. The van der Waals surface area contributed by atoms with Gasteiger partial charge >= 0.3 is 12.3 Å². The Morgan fingerprint density at radius 3 is 2.71 bits per heavy atom. The summed E-state index contributed by atoms with van der Waals surface area (Å²) in [5.74, 6) is -0.824. The van der Waals surface area contributed by atoms with E-state index >= 15 is 0 Å². The van der Waals surface area contributed by atoms with Crippen LogP contribution in [0.5, 0.6) is 5.75 Å². The molecule has 21 heavy (non-hydrogen) atoms. The molecule has 0 spiro atoms. The summed E-state index contributed by atoms with van der Waals surface area (Å²) in [7, 11) is 0. The van der Waals surface area contributed by atoms with E-state index in [2.05, 4.69) is 9.72 Å². The number of alkyl halides is 3. The molecule has 0 radical (unpaired) electrons. The van der Waals surface area contributed by atoms with E-state index in [1.165, 1.54) is 30.5 Å². The molecule has 112 valence electrons. The molecule has 0 unspecified atom stereocenters. The number of carbonyl (C=O) groups excluding carboxylic acids is 1. The van der Waals surface area contributed by atoms with Crippen molar-refractivity contribution in [3.05, 3.63) is 42.1 Å². The van der Waals surface area contributed by atoms with Gasteiger partial charge in [0, 0.05) is 17.5 Å². The minimum atomic E-state index is -4.75. The Kier molecular flexibility index (Phi) is 4.21. The monoisotopic (exact) mass is 299 g/mol. The highest BCUT2D eigenvalue weighted by atomic mass is 19.4. The number of carbonyl (C=O) groups is 1. The zero-order valence-corrected chi connectivity index (χ0v) is 11.0. The maximum absolute atomic E-state index is 12.2. The fourth-order valence-electron chi connectivity index (χ4n) is 1.75. The lowest BCUT2D eigenvalue weighted by atomic mass is 10.1. The molecule has 1 aromatic carbocycles. The standard InChI is InChI=1S/C14H12F3NO3/c1-2-20-13(19)10-7-12(18-8-10)9-4-3-5-11(6-9)21-14(15,16)17/h3-8,18H,2H2,1H3.